The van der Waals surface area contributed by atoms with Gasteiger partial charge in [0, 0.05) is 6.04 Å². The van der Waals surface area contributed by atoms with Crippen molar-refractivity contribution < 1.29 is 9.59 Å². The van der Waals surface area contributed by atoms with Crippen LogP contribution in [0.15, 0.2) is 0 Å². The number of nitrogens with zero attached hydrogens (tertiary/aromatic N) is 3. The second kappa shape index (κ2) is 4.19. The summed E-state index contributed by atoms with van der Waals surface area (Å²) in [6.07, 6.45) is 0.439. The number of hydrogen-bond donors (Lipinski definition) is 1. The van der Waals surface area contributed by atoms with Gasteiger partial charge in [0.1, 0.15) is 0 Å². The predicted molar refractivity (Wildman–Crippen MR) is 49.5 cm³/mol. The Morgan fingerprint density at radius 3 is 2.64 bits per heavy atom. The van der Waals surface area contributed by atoms with Crippen LogP contribution in [0.4, 0.5) is 4.79 Å². The molecule has 0 saturated heterocycles. The second-order valence-electron chi connectivity index (χ2n) is 2.89. The molecule has 0 aliphatic heterocycles. The lowest BCUT2D eigenvalue weighted by atomic mass is 10.4. The van der Waals surface area contributed by atoms with Gasteiger partial charge < -0.3 is 5.32 Å². The van der Waals surface area contributed by atoms with Crippen LogP contribution in [0.25, 0.3) is 0 Å². The first kappa shape index (κ1) is 10.6. The number of carbonyl (C=O) groups excluding carboxylic acids is 2. The van der Waals surface area contributed by atoms with Gasteiger partial charge in [0.2, 0.25) is 0 Å². The fraction of sp³-hybridized carbons (Fsp3) is 0.429. The third-order valence-electron chi connectivity index (χ3n) is 1.30. The zero-order valence-electron chi connectivity index (χ0n) is 7.69. The fourth-order valence-corrected chi connectivity index (χ4v) is 0.922. The van der Waals surface area contributed by atoms with Crippen molar-refractivity contribution in [3.63, 3.8) is 0 Å². The summed E-state index contributed by atoms with van der Waals surface area (Å²) in [5, 5.41) is 9.60. The van der Waals surface area contributed by atoms with E-state index in [1.54, 1.807) is 13.8 Å². The molecule has 0 unspecified atom stereocenters. The Balaban J connectivity index is 2.86. The second-order valence-corrected chi connectivity index (χ2v) is 3.25. The van der Waals surface area contributed by atoms with E-state index in [4.69, 9.17) is 11.6 Å². The molecule has 1 amide bonds. The normalized spacial score (nSPS) is 10.3. The lowest BCUT2D eigenvalue weighted by Crippen LogP contribution is -2.35. The van der Waals surface area contributed by atoms with E-state index in [2.05, 4.69) is 15.5 Å². The van der Waals surface area contributed by atoms with Crippen molar-refractivity contribution in [1.29, 1.82) is 0 Å². The number of halogens is 1. The molecule has 0 bridgehead atoms. The van der Waals surface area contributed by atoms with Crippen LogP contribution in [0.3, 0.4) is 0 Å². The summed E-state index contributed by atoms with van der Waals surface area (Å²) in [5.74, 6) is 0. The molecule has 1 aromatic rings. The zero-order valence-corrected chi connectivity index (χ0v) is 8.45. The first-order valence-electron chi connectivity index (χ1n) is 3.93. The lowest BCUT2D eigenvalue weighted by Gasteiger charge is -2.05. The van der Waals surface area contributed by atoms with Crippen LogP contribution in [0.1, 0.15) is 24.3 Å². The van der Waals surface area contributed by atoms with E-state index in [9.17, 15) is 9.59 Å². The van der Waals surface area contributed by atoms with Gasteiger partial charge in [-0.25, -0.2) is 4.79 Å². The van der Waals surface area contributed by atoms with Gasteiger partial charge in [-0.2, -0.15) is 0 Å². The van der Waals surface area contributed by atoms with Crippen LogP contribution in [0, 0.1) is 0 Å². The Kier molecular flexibility index (Phi) is 3.19. The molecule has 6 nitrogen and oxygen atoms in total. The maximum absolute atomic E-state index is 11.3. The topological polar surface area (TPSA) is 76.9 Å². The number of aromatic nitrogens is 3. The monoisotopic (exact) mass is 216 g/mol. The molecule has 0 radical (unpaired) electrons. The molecule has 0 atom stereocenters. The summed E-state index contributed by atoms with van der Waals surface area (Å²) in [7, 11) is 0. The maximum atomic E-state index is 11.3. The van der Waals surface area contributed by atoms with Gasteiger partial charge in [0.15, 0.2) is 17.1 Å². The van der Waals surface area contributed by atoms with Gasteiger partial charge in [-0.05, 0) is 13.8 Å². The van der Waals surface area contributed by atoms with Crippen LogP contribution >= 0.6 is 11.6 Å². The summed E-state index contributed by atoms with van der Waals surface area (Å²) in [6, 6.07) is -0.554. The summed E-state index contributed by atoms with van der Waals surface area (Å²) < 4.78 is 0. The molecule has 1 rings (SSSR count). The van der Waals surface area contributed by atoms with Gasteiger partial charge in [-0.3, -0.25) is 4.79 Å². The molecular formula is C7H9ClN4O2. The van der Waals surface area contributed by atoms with Crippen molar-refractivity contribution in [2.24, 2.45) is 0 Å². The number of nitrogens with one attached hydrogen (secondary N) is 1. The molecule has 1 heterocycles. The van der Waals surface area contributed by atoms with Crippen LogP contribution in [0.5, 0.6) is 0 Å². The minimum atomic E-state index is -0.519. The molecule has 0 aromatic carbocycles. The molecule has 0 fully saturated rings. The number of carbonyl (C=O) groups is 2. The third-order valence-corrected chi connectivity index (χ3v) is 1.57. The van der Waals surface area contributed by atoms with Crippen molar-refractivity contribution >= 4 is 23.9 Å². The lowest BCUT2D eigenvalue weighted by molar-refractivity contribution is 0.111. The average Bonchev–Trinajstić information content (AvgIpc) is 2.45. The van der Waals surface area contributed by atoms with Gasteiger partial charge in [-0.1, -0.05) is 16.4 Å². The molecule has 0 aliphatic carbocycles. The molecular weight excluding hydrogens is 208 g/mol. The highest BCUT2D eigenvalue weighted by Gasteiger charge is 2.13. The van der Waals surface area contributed by atoms with Gasteiger partial charge in [0.25, 0.3) is 0 Å². The molecule has 0 spiro atoms. The minimum absolute atomic E-state index is 0.0352. The van der Waals surface area contributed by atoms with Crippen molar-refractivity contribution in [2.45, 2.75) is 19.9 Å². The highest BCUT2D eigenvalue weighted by Crippen LogP contribution is 2.06. The average molecular weight is 217 g/mol. The number of rotatable bonds is 2. The first-order valence-corrected chi connectivity index (χ1v) is 4.31. The number of aldehydes is 1. The van der Waals surface area contributed by atoms with E-state index in [1.807, 2.05) is 0 Å². The Hall–Kier alpha value is -1.43. The SMILES string of the molecule is CC(C)NC(=O)n1nc(Cl)c(C=O)n1. The smallest absolute Gasteiger partial charge is 0.333 e. The highest BCUT2D eigenvalue weighted by molar-refractivity contribution is 6.31. The van der Waals surface area contributed by atoms with Gasteiger partial charge in [0.05, 0.1) is 0 Å². The third kappa shape index (κ3) is 2.29. The van der Waals surface area contributed by atoms with E-state index in [0.717, 1.165) is 4.80 Å². The van der Waals surface area contributed by atoms with Gasteiger partial charge in [-0.15, -0.1) is 10.2 Å². The van der Waals surface area contributed by atoms with E-state index < -0.39 is 6.03 Å². The van der Waals surface area contributed by atoms with E-state index in [-0.39, 0.29) is 16.9 Å². The molecule has 76 valence electrons. The maximum Gasteiger partial charge on any atom is 0.359 e. The summed E-state index contributed by atoms with van der Waals surface area (Å²) in [5.41, 5.74) is -0.0504. The summed E-state index contributed by atoms with van der Waals surface area (Å²) in [6.45, 7) is 3.59. The minimum Gasteiger partial charge on any atom is -0.333 e. The number of amides is 1. The molecule has 14 heavy (non-hydrogen) atoms. The highest BCUT2D eigenvalue weighted by atomic mass is 35.5. The fourth-order valence-electron chi connectivity index (χ4n) is 0.768. The molecule has 0 saturated carbocycles. The van der Waals surface area contributed by atoms with E-state index in [1.165, 1.54) is 0 Å². The summed E-state index contributed by atoms with van der Waals surface area (Å²) in [4.78, 5) is 22.4. The first-order chi connectivity index (χ1) is 6.54. The molecule has 1 aromatic heterocycles. The molecule has 7 heteroatoms. The Morgan fingerprint density at radius 1 is 1.57 bits per heavy atom. The number of hydrogen-bond acceptors (Lipinski definition) is 4. The predicted octanol–water partition coefficient (Wildman–Crippen LogP) is 0.710. The van der Waals surface area contributed by atoms with E-state index in [0.29, 0.717) is 6.29 Å². The van der Waals surface area contributed by atoms with Crippen LogP contribution in [0.2, 0.25) is 5.15 Å². The van der Waals surface area contributed by atoms with Crippen LogP contribution in [-0.4, -0.2) is 33.4 Å². The largest absolute Gasteiger partial charge is 0.359 e. The van der Waals surface area contributed by atoms with Crippen LogP contribution < -0.4 is 5.32 Å². The zero-order chi connectivity index (χ0) is 10.7. The molecule has 0 aliphatic rings. The standard InChI is InChI=1S/C7H9ClN4O2/c1-4(2)9-7(14)12-10-5(3-13)6(8)11-12/h3-4H,1-2H3,(H,9,14). The van der Waals surface area contributed by atoms with Crippen molar-refractivity contribution in [2.75, 3.05) is 0 Å². The van der Waals surface area contributed by atoms with Crippen molar-refractivity contribution in [3.05, 3.63) is 10.8 Å². The van der Waals surface area contributed by atoms with Crippen LogP contribution in [-0.2, 0) is 0 Å². The van der Waals surface area contributed by atoms with Gasteiger partial charge >= 0.3 is 6.03 Å². The summed E-state index contributed by atoms with van der Waals surface area (Å²) >= 11 is 5.52. The Morgan fingerprint density at radius 2 is 2.21 bits per heavy atom. The van der Waals surface area contributed by atoms with Crippen molar-refractivity contribution in [3.8, 4) is 0 Å². The van der Waals surface area contributed by atoms with Crippen molar-refractivity contribution in [1.82, 2.24) is 20.3 Å². The molecule has 1 N–H and O–H groups in total. The van der Waals surface area contributed by atoms with E-state index >= 15 is 0 Å². The Labute approximate surface area is 85.2 Å². The Bertz CT molecular complexity index is 361. The quantitative estimate of drug-likeness (QED) is 0.739.